The average molecular weight is 1140 g/mol. The van der Waals surface area contributed by atoms with Crippen molar-refractivity contribution in [2.45, 2.75) is 431 Å². The number of nitrogens with one attached hydrogen (secondary N) is 1. The fourth-order valence-electron chi connectivity index (χ4n) is 11.9. The number of hydrogen-bond donors (Lipinski definition) is 3. The van der Waals surface area contributed by atoms with E-state index in [0.717, 1.165) is 44.9 Å². The molecule has 2 unspecified atom stereocenters. The van der Waals surface area contributed by atoms with Crippen LogP contribution in [0.5, 0.6) is 0 Å². The Bertz CT molecular complexity index is 1270. The minimum absolute atomic E-state index is 0.0191. The highest BCUT2D eigenvalue weighted by Gasteiger charge is 2.20. The largest absolute Gasteiger partial charge is 0.466 e. The molecule has 0 saturated carbocycles. The number of aliphatic hydroxyl groups excluding tert-OH is 2. The van der Waals surface area contributed by atoms with Gasteiger partial charge < -0.3 is 20.3 Å². The summed E-state index contributed by atoms with van der Waals surface area (Å²) in [6.07, 6.45) is 89.7. The summed E-state index contributed by atoms with van der Waals surface area (Å²) in [5.74, 6) is -0.00955. The summed E-state index contributed by atoms with van der Waals surface area (Å²) in [6, 6.07) is -0.539. The van der Waals surface area contributed by atoms with Crippen LogP contribution < -0.4 is 5.32 Å². The number of ether oxygens (including phenoxy) is 1. The van der Waals surface area contributed by atoms with Crippen molar-refractivity contribution in [2.75, 3.05) is 13.2 Å². The van der Waals surface area contributed by atoms with E-state index >= 15 is 0 Å². The van der Waals surface area contributed by atoms with E-state index in [4.69, 9.17) is 4.74 Å². The molecule has 0 heterocycles. The minimum Gasteiger partial charge on any atom is -0.466 e. The molecule has 6 heteroatoms. The standard InChI is InChI=1S/C75H145NO5/c1-3-5-7-9-11-13-15-16-17-41-44-48-51-55-59-63-67-73(78)72(71-77)76-74(79)68-64-60-56-52-49-45-42-39-37-35-33-31-29-27-25-23-21-19-18-20-22-24-26-28-30-32-34-36-38-40-43-46-50-54-58-62-66-70-81-75(80)69-65-61-57-53-47-14-12-10-8-6-4-2/h18,20,24,26,72-73,77-78H,3-17,19,21-23,25,27-71H2,1-2H3,(H,76,79)/b20-18-,26-24-. The Morgan fingerprint density at radius 2 is 0.617 bits per heavy atom. The summed E-state index contributed by atoms with van der Waals surface area (Å²) in [5.41, 5.74) is 0. The SMILES string of the molecule is CCCCCCCCCCCCCCCCCCC(O)C(CO)NC(=O)CCCCCCCCCCCCCCCCCCC/C=C\C/C=C\CCCCCCCCCCCCCCCOC(=O)CCCCCCCCCCCCC. The number of aliphatic hydroxyl groups is 2. The molecule has 0 aliphatic heterocycles. The maximum absolute atomic E-state index is 12.5. The molecule has 0 fully saturated rings. The lowest BCUT2D eigenvalue weighted by Gasteiger charge is -2.22. The van der Waals surface area contributed by atoms with Gasteiger partial charge in [-0.15, -0.1) is 0 Å². The molecule has 0 aromatic carbocycles. The molecule has 0 aliphatic rings. The summed E-state index contributed by atoms with van der Waals surface area (Å²) in [7, 11) is 0. The molecule has 6 nitrogen and oxygen atoms in total. The van der Waals surface area contributed by atoms with Crippen molar-refractivity contribution in [2.24, 2.45) is 0 Å². The van der Waals surface area contributed by atoms with Gasteiger partial charge in [-0.1, -0.05) is 372 Å². The highest BCUT2D eigenvalue weighted by atomic mass is 16.5. The Kier molecular flexibility index (Phi) is 69.4. The van der Waals surface area contributed by atoms with Gasteiger partial charge in [0.25, 0.3) is 0 Å². The molecule has 480 valence electrons. The Labute approximate surface area is 507 Å². The van der Waals surface area contributed by atoms with E-state index < -0.39 is 12.1 Å². The summed E-state index contributed by atoms with van der Waals surface area (Å²) in [6.45, 7) is 4.99. The van der Waals surface area contributed by atoms with Gasteiger partial charge in [0.05, 0.1) is 25.4 Å². The molecule has 1 amide bonds. The van der Waals surface area contributed by atoms with Crippen molar-refractivity contribution in [3.63, 3.8) is 0 Å². The highest BCUT2D eigenvalue weighted by Crippen LogP contribution is 2.19. The lowest BCUT2D eigenvalue weighted by Crippen LogP contribution is -2.45. The van der Waals surface area contributed by atoms with Gasteiger partial charge >= 0.3 is 5.97 Å². The second-order valence-corrected chi connectivity index (χ2v) is 25.6. The number of allylic oxidation sites excluding steroid dienone is 4. The van der Waals surface area contributed by atoms with Crippen molar-refractivity contribution < 1.29 is 24.5 Å². The fourth-order valence-corrected chi connectivity index (χ4v) is 11.9. The first kappa shape index (κ1) is 79.3. The first-order valence-electron chi connectivity index (χ1n) is 37.1. The molecule has 3 N–H and O–H groups in total. The van der Waals surface area contributed by atoms with Crippen LogP contribution >= 0.6 is 0 Å². The zero-order chi connectivity index (χ0) is 58.5. The van der Waals surface area contributed by atoms with Crippen molar-refractivity contribution in [1.29, 1.82) is 0 Å². The second kappa shape index (κ2) is 70.8. The molecule has 0 aromatic rings. The number of amides is 1. The van der Waals surface area contributed by atoms with Gasteiger partial charge in [-0.05, 0) is 57.8 Å². The molecule has 0 rings (SSSR count). The predicted octanol–water partition coefficient (Wildman–Crippen LogP) is 24.1. The van der Waals surface area contributed by atoms with Crippen LogP contribution in [0.15, 0.2) is 24.3 Å². The fraction of sp³-hybridized carbons (Fsp3) is 0.920. The lowest BCUT2D eigenvalue weighted by molar-refractivity contribution is -0.143. The van der Waals surface area contributed by atoms with E-state index in [9.17, 15) is 19.8 Å². The van der Waals surface area contributed by atoms with Crippen LogP contribution in [-0.4, -0.2) is 47.4 Å². The van der Waals surface area contributed by atoms with Crippen molar-refractivity contribution >= 4 is 11.9 Å². The van der Waals surface area contributed by atoms with Gasteiger partial charge in [0, 0.05) is 12.8 Å². The van der Waals surface area contributed by atoms with E-state index in [0.29, 0.717) is 25.9 Å². The molecule has 0 aromatic heterocycles. The topological polar surface area (TPSA) is 95.9 Å². The number of esters is 1. The summed E-state index contributed by atoms with van der Waals surface area (Å²) < 4.78 is 5.48. The Balaban J connectivity index is 3.35. The van der Waals surface area contributed by atoms with E-state index in [-0.39, 0.29) is 18.5 Å². The van der Waals surface area contributed by atoms with Gasteiger partial charge in [0.2, 0.25) is 5.91 Å². The minimum atomic E-state index is -0.662. The van der Waals surface area contributed by atoms with Gasteiger partial charge in [-0.2, -0.15) is 0 Å². The van der Waals surface area contributed by atoms with Crippen LogP contribution in [0.4, 0.5) is 0 Å². The molecule has 0 aliphatic carbocycles. The van der Waals surface area contributed by atoms with Gasteiger partial charge in [0.15, 0.2) is 0 Å². The van der Waals surface area contributed by atoms with Crippen LogP contribution in [0.3, 0.4) is 0 Å². The van der Waals surface area contributed by atoms with Crippen LogP contribution in [0.2, 0.25) is 0 Å². The van der Waals surface area contributed by atoms with Gasteiger partial charge in [0.1, 0.15) is 0 Å². The Morgan fingerprint density at radius 1 is 0.346 bits per heavy atom. The first-order valence-corrected chi connectivity index (χ1v) is 37.1. The molecular formula is C75H145NO5. The van der Waals surface area contributed by atoms with Crippen LogP contribution in [0, 0.1) is 0 Å². The van der Waals surface area contributed by atoms with Crippen molar-refractivity contribution in [3.8, 4) is 0 Å². The van der Waals surface area contributed by atoms with Crippen molar-refractivity contribution in [1.82, 2.24) is 5.32 Å². The predicted molar refractivity (Wildman–Crippen MR) is 356 cm³/mol. The lowest BCUT2D eigenvalue weighted by atomic mass is 10.0. The molecule has 0 spiro atoms. The van der Waals surface area contributed by atoms with E-state index in [2.05, 4.69) is 43.5 Å². The van der Waals surface area contributed by atoms with E-state index in [1.807, 2.05) is 0 Å². The number of carbonyl (C=O) groups is 2. The third-order valence-electron chi connectivity index (χ3n) is 17.5. The molecule has 2 atom stereocenters. The maximum Gasteiger partial charge on any atom is 0.305 e. The molecule has 0 saturated heterocycles. The van der Waals surface area contributed by atoms with Gasteiger partial charge in [-0.3, -0.25) is 9.59 Å². The van der Waals surface area contributed by atoms with Crippen molar-refractivity contribution in [3.05, 3.63) is 24.3 Å². The van der Waals surface area contributed by atoms with Crippen LogP contribution in [0.25, 0.3) is 0 Å². The monoisotopic (exact) mass is 1140 g/mol. The van der Waals surface area contributed by atoms with Crippen LogP contribution in [-0.2, 0) is 14.3 Å². The summed E-state index contributed by atoms with van der Waals surface area (Å²) in [5, 5.41) is 23.4. The smallest absolute Gasteiger partial charge is 0.305 e. The first-order chi connectivity index (χ1) is 40.0. The molecule has 81 heavy (non-hydrogen) atoms. The number of rotatable bonds is 70. The number of hydrogen-bond acceptors (Lipinski definition) is 5. The zero-order valence-corrected chi connectivity index (χ0v) is 55.0. The average Bonchev–Trinajstić information content (AvgIpc) is 3.47. The van der Waals surface area contributed by atoms with Gasteiger partial charge in [-0.25, -0.2) is 0 Å². The zero-order valence-electron chi connectivity index (χ0n) is 55.0. The quantitative estimate of drug-likeness (QED) is 0.0320. The van der Waals surface area contributed by atoms with E-state index in [1.165, 1.54) is 340 Å². The number of unbranched alkanes of at least 4 members (excludes halogenated alkanes) is 55. The summed E-state index contributed by atoms with van der Waals surface area (Å²) in [4.78, 5) is 24.5. The maximum atomic E-state index is 12.5. The second-order valence-electron chi connectivity index (χ2n) is 25.6. The van der Waals surface area contributed by atoms with Crippen LogP contribution in [0.1, 0.15) is 418 Å². The normalized spacial score (nSPS) is 12.6. The summed E-state index contributed by atoms with van der Waals surface area (Å²) >= 11 is 0. The highest BCUT2D eigenvalue weighted by molar-refractivity contribution is 5.76. The van der Waals surface area contributed by atoms with E-state index in [1.54, 1.807) is 0 Å². The third kappa shape index (κ3) is 67.3. The Hall–Kier alpha value is -1.66. The molecule has 0 bridgehead atoms. The molecule has 0 radical (unpaired) electrons. The molecular weight excluding hydrogens is 995 g/mol. The Morgan fingerprint density at radius 3 is 0.938 bits per heavy atom. The third-order valence-corrected chi connectivity index (χ3v) is 17.5. The number of carbonyl (C=O) groups excluding carboxylic acids is 2.